The molecule has 1 aliphatic heterocycles. The summed E-state index contributed by atoms with van der Waals surface area (Å²) in [6.45, 7) is 2.83. The lowest BCUT2D eigenvalue weighted by Crippen LogP contribution is -2.23. The Morgan fingerprint density at radius 3 is 3.05 bits per heavy atom. The van der Waals surface area contributed by atoms with Crippen LogP contribution in [0.1, 0.15) is 29.6 Å². The molecule has 0 radical (unpaired) electrons. The number of rotatable bonds is 3. The molecule has 4 rings (SSSR count). The van der Waals surface area contributed by atoms with E-state index < -0.39 is 0 Å². The van der Waals surface area contributed by atoms with Crippen molar-refractivity contribution in [3.8, 4) is 11.5 Å². The SMILES string of the molecule is Cc1noc(-c2cccnc2N2CCCC2c2cccs2)n1. The van der Waals surface area contributed by atoms with Gasteiger partial charge in [0.25, 0.3) is 5.89 Å². The Morgan fingerprint density at radius 1 is 1.32 bits per heavy atom. The molecule has 0 N–H and O–H groups in total. The zero-order chi connectivity index (χ0) is 14.9. The van der Waals surface area contributed by atoms with Gasteiger partial charge in [-0.25, -0.2) is 4.98 Å². The maximum Gasteiger partial charge on any atom is 0.261 e. The molecule has 112 valence electrons. The van der Waals surface area contributed by atoms with Gasteiger partial charge in [0.2, 0.25) is 0 Å². The molecule has 3 aromatic rings. The average Bonchev–Trinajstić information content (AvgIpc) is 3.28. The predicted octanol–water partition coefficient (Wildman–Crippen LogP) is 3.84. The van der Waals surface area contributed by atoms with Gasteiger partial charge in [0.15, 0.2) is 5.82 Å². The molecule has 0 bridgehead atoms. The Kier molecular flexibility index (Phi) is 3.38. The first kappa shape index (κ1) is 13.5. The molecule has 0 aromatic carbocycles. The standard InChI is InChI=1S/C16H16N4OS/c1-11-18-16(21-19-11)12-5-2-8-17-15(12)20-9-3-6-13(20)14-7-4-10-22-14/h2,4-5,7-8,10,13H,3,6,9H2,1H3. The number of pyridine rings is 1. The lowest BCUT2D eigenvalue weighted by Gasteiger charge is -2.26. The topological polar surface area (TPSA) is 55.1 Å². The third-order valence-electron chi connectivity index (χ3n) is 3.94. The molecule has 1 aliphatic rings. The fourth-order valence-electron chi connectivity index (χ4n) is 3.00. The molecule has 1 fully saturated rings. The minimum atomic E-state index is 0.387. The largest absolute Gasteiger partial charge is 0.348 e. The highest BCUT2D eigenvalue weighted by Gasteiger charge is 2.30. The van der Waals surface area contributed by atoms with Crippen LogP contribution in [-0.2, 0) is 0 Å². The van der Waals surface area contributed by atoms with Crippen LogP contribution in [0.4, 0.5) is 5.82 Å². The van der Waals surface area contributed by atoms with E-state index in [1.807, 2.05) is 25.3 Å². The Labute approximate surface area is 132 Å². The maximum atomic E-state index is 5.35. The van der Waals surface area contributed by atoms with E-state index in [1.54, 1.807) is 11.3 Å². The van der Waals surface area contributed by atoms with Crippen LogP contribution in [0.3, 0.4) is 0 Å². The second-order valence-corrected chi connectivity index (χ2v) is 6.37. The van der Waals surface area contributed by atoms with E-state index in [9.17, 15) is 0 Å². The number of hydrogen-bond donors (Lipinski definition) is 0. The molecule has 1 unspecified atom stereocenters. The third-order valence-corrected chi connectivity index (χ3v) is 4.91. The molecule has 3 aromatic heterocycles. The van der Waals surface area contributed by atoms with Gasteiger partial charge in [0.05, 0.1) is 11.6 Å². The molecular formula is C16H16N4OS. The minimum Gasteiger partial charge on any atom is -0.348 e. The Bertz CT molecular complexity index is 768. The van der Waals surface area contributed by atoms with E-state index in [-0.39, 0.29) is 0 Å². The van der Waals surface area contributed by atoms with Crippen LogP contribution in [-0.4, -0.2) is 21.7 Å². The lowest BCUT2D eigenvalue weighted by molar-refractivity contribution is 0.425. The Hall–Kier alpha value is -2.21. The molecule has 5 nitrogen and oxygen atoms in total. The average molecular weight is 312 g/mol. The second kappa shape index (κ2) is 5.53. The fraction of sp³-hybridized carbons (Fsp3) is 0.312. The Balaban J connectivity index is 1.76. The van der Waals surface area contributed by atoms with Gasteiger partial charge in [-0.15, -0.1) is 11.3 Å². The van der Waals surface area contributed by atoms with Gasteiger partial charge in [0, 0.05) is 17.6 Å². The van der Waals surface area contributed by atoms with Crippen LogP contribution < -0.4 is 4.90 Å². The smallest absolute Gasteiger partial charge is 0.261 e. The van der Waals surface area contributed by atoms with Crippen molar-refractivity contribution in [1.82, 2.24) is 15.1 Å². The van der Waals surface area contributed by atoms with Crippen LogP contribution in [0.2, 0.25) is 0 Å². The van der Waals surface area contributed by atoms with Crippen LogP contribution in [0.25, 0.3) is 11.5 Å². The van der Waals surface area contributed by atoms with Gasteiger partial charge in [-0.3, -0.25) is 0 Å². The second-order valence-electron chi connectivity index (χ2n) is 5.39. The summed E-state index contributed by atoms with van der Waals surface area (Å²) >= 11 is 1.80. The van der Waals surface area contributed by atoms with Crippen LogP contribution in [0.15, 0.2) is 40.4 Å². The highest BCUT2D eigenvalue weighted by molar-refractivity contribution is 7.10. The van der Waals surface area contributed by atoms with E-state index in [1.165, 1.54) is 11.3 Å². The van der Waals surface area contributed by atoms with Crippen molar-refractivity contribution in [2.45, 2.75) is 25.8 Å². The monoisotopic (exact) mass is 312 g/mol. The van der Waals surface area contributed by atoms with Gasteiger partial charge in [-0.1, -0.05) is 11.2 Å². The third kappa shape index (κ3) is 2.29. The van der Waals surface area contributed by atoms with Crippen LogP contribution in [0, 0.1) is 6.92 Å². The quantitative estimate of drug-likeness (QED) is 0.735. The van der Waals surface area contributed by atoms with Crippen molar-refractivity contribution in [2.24, 2.45) is 0 Å². The molecular weight excluding hydrogens is 296 g/mol. The first-order valence-electron chi connectivity index (χ1n) is 7.38. The van der Waals surface area contributed by atoms with E-state index in [0.717, 1.165) is 24.3 Å². The summed E-state index contributed by atoms with van der Waals surface area (Å²) < 4.78 is 5.35. The molecule has 1 atom stereocenters. The molecule has 0 spiro atoms. The number of thiophene rings is 1. The molecule has 1 saturated heterocycles. The molecule has 6 heteroatoms. The highest BCUT2D eigenvalue weighted by atomic mass is 32.1. The number of aromatic nitrogens is 3. The summed E-state index contributed by atoms with van der Waals surface area (Å²) in [5.41, 5.74) is 0.909. The molecule has 4 heterocycles. The normalized spacial score (nSPS) is 18.0. The van der Waals surface area contributed by atoms with Gasteiger partial charge < -0.3 is 9.42 Å². The fourth-order valence-corrected chi connectivity index (χ4v) is 3.87. The molecule has 0 amide bonds. The zero-order valence-corrected chi connectivity index (χ0v) is 13.1. The van der Waals surface area contributed by atoms with Crippen LogP contribution in [0.5, 0.6) is 0 Å². The predicted molar refractivity (Wildman–Crippen MR) is 85.9 cm³/mol. The van der Waals surface area contributed by atoms with Crippen molar-refractivity contribution < 1.29 is 4.52 Å². The summed E-state index contributed by atoms with van der Waals surface area (Å²) in [6, 6.07) is 8.61. The van der Waals surface area contributed by atoms with Crippen molar-refractivity contribution in [3.63, 3.8) is 0 Å². The summed E-state index contributed by atoms with van der Waals surface area (Å²) in [6.07, 6.45) is 4.15. The van der Waals surface area contributed by atoms with E-state index in [4.69, 9.17) is 4.52 Å². The van der Waals surface area contributed by atoms with Gasteiger partial charge >= 0.3 is 0 Å². The maximum absolute atomic E-state index is 5.35. The number of hydrogen-bond acceptors (Lipinski definition) is 6. The summed E-state index contributed by atoms with van der Waals surface area (Å²) in [4.78, 5) is 12.7. The van der Waals surface area contributed by atoms with Crippen LogP contribution >= 0.6 is 11.3 Å². The molecule has 0 aliphatic carbocycles. The number of anilines is 1. The van der Waals surface area contributed by atoms with Gasteiger partial charge in [0.1, 0.15) is 5.82 Å². The van der Waals surface area contributed by atoms with Crippen molar-refractivity contribution >= 4 is 17.2 Å². The lowest BCUT2D eigenvalue weighted by atomic mass is 10.1. The highest BCUT2D eigenvalue weighted by Crippen LogP contribution is 2.40. The van der Waals surface area contributed by atoms with Gasteiger partial charge in [-0.05, 0) is 43.3 Å². The van der Waals surface area contributed by atoms with E-state index >= 15 is 0 Å². The first-order valence-corrected chi connectivity index (χ1v) is 8.26. The number of aryl methyl sites for hydroxylation is 1. The molecule has 22 heavy (non-hydrogen) atoms. The minimum absolute atomic E-state index is 0.387. The summed E-state index contributed by atoms with van der Waals surface area (Å²) in [5.74, 6) is 2.11. The van der Waals surface area contributed by atoms with E-state index in [0.29, 0.717) is 17.8 Å². The molecule has 0 saturated carbocycles. The van der Waals surface area contributed by atoms with Crippen molar-refractivity contribution in [1.29, 1.82) is 0 Å². The van der Waals surface area contributed by atoms with Gasteiger partial charge in [-0.2, -0.15) is 4.98 Å². The summed E-state index contributed by atoms with van der Waals surface area (Å²) in [7, 11) is 0. The summed E-state index contributed by atoms with van der Waals surface area (Å²) in [5, 5.41) is 6.03. The first-order chi connectivity index (χ1) is 10.8. The van der Waals surface area contributed by atoms with Crippen molar-refractivity contribution in [3.05, 3.63) is 46.5 Å². The zero-order valence-electron chi connectivity index (χ0n) is 12.3. The van der Waals surface area contributed by atoms with E-state index in [2.05, 4.69) is 37.5 Å². The number of nitrogens with zero attached hydrogens (tertiary/aromatic N) is 4. The Morgan fingerprint density at radius 2 is 2.27 bits per heavy atom. The van der Waals surface area contributed by atoms with Crippen molar-refractivity contribution in [2.75, 3.05) is 11.4 Å².